The summed E-state index contributed by atoms with van der Waals surface area (Å²) < 4.78 is 0. The summed E-state index contributed by atoms with van der Waals surface area (Å²) in [5, 5.41) is 9.22. The molecule has 3 N–H and O–H groups in total. The number of carbonyl (C=O) groups excluding carboxylic acids is 1. The van der Waals surface area contributed by atoms with Crippen LogP contribution in [0.1, 0.15) is 23.3 Å². The van der Waals surface area contributed by atoms with Crippen molar-refractivity contribution in [3.8, 4) is 0 Å². The zero-order valence-electron chi connectivity index (χ0n) is 8.97. The van der Waals surface area contributed by atoms with Crippen LogP contribution in [0.4, 0.5) is 5.82 Å². The molecule has 1 amide bonds. The van der Waals surface area contributed by atoms with Crippen molar-refractivity contribution in [2.75, 3.05) is 18.1 Å². The molecule has 1 aromatic heterocycles. The molecule has 0 saturated carbocycles. The van der Waals surface area contributed by atoms with E-state index in [0.29, 0.717) is 5.82 Å². The molecule has 0 radical (unpaired) electrons. The first kappa shape index (κ1) is 10.9. The number of nitrogens with zero attached hydrogens (tertiary/aromatic N) is 2. The second-order valence-electron chi connectivity index (χ2n) is 3.92. The number of primary amides is 1. The van der Waals surface area contributed by atoms with Gasteiger partial charge in [-0.05, 0) is 25.0 Å². The summed E-state index contributed by atoms with van der Waals surface area (Å²) in [6.45, 7) is 0.975. The van der Waals surface area contributed by atoms with Crippen molar-refractivity contribution >= 4 is 11.7 Å². The van der Waals surface area contributed by atoms with Gasteiger partial charge in [-0.1, -0.05) is 6.07 Å². The summed E-state index contributed by atoms with van der Waals surface area (Å²) in [4.78, 5) is 17.2. The molecule has 1 aromatic rings. The van der Waals surface area contributed by atoms with Crippen molar-refractivity contribution in [1.29, 1.82) is 0 Å². The van der Waals surface area contributed by atoms with Gasteiger partial charge < -0.3 is 15.7 Å². The van der Waals surface area contributed by atoms with Gasteiger partial charge in [0.25, 0.3) is 5.91 Å². The van der Waals surface area contributed by atoms with E-state index in [0.717, 1.165) is 19.4 Å². The average molecular weight is 221 g/mol. The van der Waals surface area contributed by atoms with Crippen molar-refractivity contribution in [2.45, 2.75) is 18.9 Å². The van der Waals surface area contributed by atoms with Crippen molar-refractivity contribution in [3.05, 3.63) is 23.9 Å². The number of hydrogen-bond donors (Lipinski definition) is 2. The molecular weight excluding hydrogens is 206 g/mol. The lowest BCUT2D eigenvalue weighted by molar-refractivity contribution is 0.0995. The molecular formula is C11H15N3O2. The van der Waals surface area contributed by atoms with E-state index in [2.05, 4.69) is 4.98 Å². The summed E-state index contributed by atoms with van der Waals surface area (Å²) >= 11 is 0. The Morgan fingerprint density at radius 2 is 2.44 bits per heavy atom. The van der Waals surface area contributed by atoms with Crippen LogP contribution in [0.5, 0.6) is 0 Å². The van der Waals surface area contributed by atoms with Gasteiger partial charge >= 0.3 is 0 Å². The number of amides is 1. The Labute approximate surface area is 93.9 Å². The number of anilines is 1. The normalized spacial score (nSPS) is 20.1. The Hall–Kier alpha value is -1.62. The quantitative estimate of drug-likeness (QED) is 0.761. The van der Waals surface area contributed by atoms with E-state index >= 15 is 0 Å². The zero-order valence-corrected chi connectivity index (χ0v) is 8.97. The van der Waals surface area contributed by atoms with Gasteiger partial charge in [0.15, 0.2) is 0 Å². The minimum atomic E-state index is -0.526. The third kappa shape index (κ3) is 1.99. The van der Waals surface area contributed by atoms with Gasteiger partial charge in [-0.25, -0.2) is 4.98 Å². The molecule has 1 aliphatic rings. The average Bonchev–Trinajstić information content (AvgIpc) is 2.77. The molecule has 0 bridgehead atoms. The van der Waals surface area contributed by atoms with Crippen LogP contribution >= 0.6 is 0 Å². The van der Waals surface area contributed by atoms with E-state index in [4.69, 9.17) is 5.73 Å². The number of hydrogen-bond acceptors (Lipinski definition) is 4. The van der Waals surface area contributed by atoms with Gasteiger partial charge in [0.05, 0.1) is 12.6 Å². The molecule has 0 spiro atoms. The Bertz CT molecular complexity index is 395. The maximum absolute atomic E-state index is 11.0. The molecule has 1 aliphatic heterocycles. The van der Waals surface area contributed by atoms with Crippen molar-refractivity contribution in [1.82, 2.24) is 4.98 Å². The Morgan fingerprint density at radius 1 is 1.62 bits per heavy atom. The van der Waals surface area contributed by atoms with E-state index < -0.39 is 5.91 Å². The second kappa shape index (κ2) is 4.49. The van der Waals surface area contributed by atoms with Crippen LogP contribution < -0.4 is 10.6 Å². The summed E-state index contributed by atoms with van der Waals surface area (Å²) in [5.74, 6) is 0.189. The van der Waals surface area contributed by atoms with Gasteiger partial charge in [0, 0.05) is 6.54 Å². The Balaban J connectivity index is 2.26. The minimum absolute atomic E-state index is 0.107. The van der Waals surface area contributed by atoms with Gasteiger partial charge in [0.2, 0.25) is 0 Å². The highest BCUT2D eigenvalue weighted by atomic mass is 16.3. The molecule has 0 aromatic carbocycles. The smallest absolute Gasteiger partial charge is 0.267 e. The number of carbonyl (C=O) groups is 1. The Morgan fingerprint density at radius 3 is 3.12 bits per heavy atom. The first-order valence-electron chi connectivity index (χ1n) is 5.36. The number of rotatable bonds is 3. The minimum Gasteiger partial charge on any atom is -0.394 e. The maximum Gasteiger partial charge on any atom is 0.267 e. The first-order chi connectivity index (χ1) is 7.72. The molecule has 1 atom stereocenters. The van der Waals surface area contributed by atoms with Crippen molar-refractivity contribution in [2.24, 2.45) is 5.73 Å². The lowest BCUT2D eigenvalue weighted by Crippen LogP contribution is -2.33. The van der Waals surface area contributed by atoms with Gasteiger partial charge in [-0.3, -0.25) is 4.79 Å². The SMILES string of the molecule is NC(=O)c1cccc(N2CCC[C@H]2CO)n1. The largest absolute Gasteiger partial charge is 0.394 e. The van der Waals surface area contributed by atoms with Gasteiger partial charge in [0.1, 0.15) is 11.5 Å². The predicted molar refractivity (Wildman–Crippen MR) is 60.2 cm³/mol. The summed E-state index contributed by atoms with van der Waals surface area (Å²) in [7, 11) is 0. The monoisotopic (exact) mass is 221 g/mol. The lowest BCUT2D eigenvalue weighted by Gasteiger charge is -2.24. The molecule has 2 heterocycles. The zero-order chi connectivity index (χ0) is 11.5. The fourth-order valence-electron chi connectivity index (χ4n) is 2.05. The van der Waals surface area contributed by atoms with Crippen LogP contribution in [0.3, 0.4) is 0 Å². The molecule has 1 fully saturated rings. The topological polar surface area (TPSA) is 79.5 Å². The van der Waals surface area contributed by atoms with Crippen molar-refractivity contribution < 1.29 is 9.90 Å². The molecule has 5 heteroatoms. The standard InChI is InChI=1S/C11H15N3O2/c12-11(16)9-4-1-5-10(13-9)14-6-2-3-8(14)7-15/h1,4-5,8,15H,2-3,6-7H2,(H2,12,16)/t8-/m0/s1. The van der Waals surface area contributed by atoms with Crippen LogP contribution in [0, 0.1) is 0 Å². The third-order valence-electron chi connectivity index (χ3n) is 2.87. The van der Waals surface area contributed by atoms with Crippen LogP contribution in [0.25, 0.3) is 0 Å². The number of pyridine rings is 1. The molecule has 0 aliphatic carbocycles. The number of aliphatic hydroxyl groups excluding tert-OH is 1. The molecule has 0 unspecified atom stereocenters. The predicted octanol–water partition coefficient (Wildman–Crippen LogP) is 0.142. The maximum atomic E-state index is 11.0. The van der Waals surface area contributed by atoms with E-state index in [1.54, 1.807) is 12.1 Å². The summed E-state index contributed by atoms with van der Waals surface area (Å²) in [5.41, 5.74) is 5.44. The molecule has 16 heavy (non-hydrogen) atoms. The van der Waals surface area contributed by atoms with Crippen LogP contribution in [-0.4, -0.2) is 35.2 Å². The molecule has 86 valence electrons. The van der Waals surface area contributed by atoms with Crippen LogP contribution in [0.15, 0.2) is 18.2 Å². The molecule has 1 saturated heterocycles. The summed E-state index contributed by atoms with van der Waals surface area (Å²) in [6.07, 6.45) is 1.99. The highest BCUT2D eigenvalue weighted by molar-refractivity contribution is 5.91. The second-order valence-corrected chi connectivity index (χ2v) is 3.92. The van der Waals surface area contributed by atoms with Gasteiger partial charge in [-0.2, -0.15) is 0 Å². The lowest BCUT2D eigenvalue weighted by atomic mass is 10.2. The Kier molecular flexibility index (Phi) is 3.05. The van der Waals surface area contributed by atoms with E-state index in [9.17, 15) is 9.90 Å². The van der Waals surface area contributed by atoms with Crippen LogP contribution in [-0.2, 0) is 0 Å². The molecule has 2 rings (SSSR count). The highest BCUT2D eigenvalue weighted by Crippen LogP contribution is 2.23. The van der Waals surface area contributed by atoms with Crippen molar-refractivity contribution in [3.63, 3.8) is 0 Å². The third-order valence-corrected chi connectivity index (χ3v) is 2.87. The van der Waals surface area contributed by atoms with E-state index in [1.807, 2.05) is 11.0 Å². The summed E-state index contributed by atoms with van der Waals surface area (Å²) in [6, 6.07) is 5.29. The van der Waals surface area contributed by atoms with Gasteiger partial charge in [-0.15, -0.1) is 0 Å². The van der Waals surface area contributed by atoms with E-state index in [1.165, 1.54) is 0 Å². The number of aromatic nitrogens is 1. The van der Waals surface area contributed by atoms with E-state index in [-0.39, 0.29) is 18.3 Å². The fourth-order valence-corrected chi connectivity index (χ4v) is 2.05. The highest BCUT2D eigenvalue weighted by Gasteiger charge is 2.25. The first-order valence-corrected chi connectivity index (χ1v) is 5.36. The van der Waals surface area contributed by atoms with Crippen LogP contribution in [0.2, 0.25) is 0 Å². The fraction of sp³-hybridized carbons (Fsp3) is 0.455. The number of nitrogens with two attached hydrogens (primary N) is 1. The molecule has 5 nitrogen and oxygen atoms in total. The number of aliphatic hydroxyl groups is 1.